The molecule has 5 heteroatoms. The van der Waals surface area contributed by atoms with E-state index in [2.05, 4.69) is 0 Å². The zero-order valence-corrected chi connectivity index (χ0v) is 9.33. The van der Waals surface area contributed by atoms with Crippen molar-refractivity contribution in [2.24, 2.45) is 5.73 Å². The summed E-state index contributed by atoms with van der Waals surface area (Å²) < 4.78 is 5.05. The van der Waals surface area contributed by atoms with E-state index in [4.69, 9.17) is 22.1 Å². The van der Waals surface area contributed by atoms with Crippen LogP contribution in [-0.2, 0) is 4.79 Å². The average molecular weight is 242 g/mol. The Bertz CT molecular complexity index is 433. The summed E-state index contributed by atoms with van der Waals surface area (Å²) >= 11 is 5.88. The molecular weight excluding hydrogens is 230 g/mol. The molecule has 0 fully saturated rings. The quantitative estimate of drug-likeness (QED) is 0.612. The Labute approximate surface area is 98.0 Å². The molecule has 0 radical (unpaired) electrons. The summed E-state index contributed by atoms with van der Waals surface area (Å²) in [5.41, 5.74) is 6.34. The van der Waals surface area contributed by atoms with Gasteiger partial charge in [0, 0.05) is 5.56 Å². The Hall–Kier alpha value is -1.26. The van der Waals surface area contributed by atoms with Crippen molar-refractivity contribution < 1.29 is 14.6 Å². The third-order valence-electron chi connectivity index (χ3n) is 2.69. The molecule has 0 amide bonds. The molecule has 1 aliphatic heterocycles. The fraction of sp³-hybridized carbons (Fsp3) is 0.364. The number of benzene rings is 1. The van der Waals surface area contributed by atoms with Gasteiger partial charge in [-0.25, -0.2) is 0 Å². The van der Waals surface area contributed by atoms with Crippen LogP contribution in [0.4, 0.5) is 0 Å². The number of carbonyl (C=O) groups excluding carboxylic acids is 1. The number of rotatable bonds is 2. The van der Waals surface area contributed by atoms with E-state index in [9.17, 15) is 9.90 Å². The van der Waals surface area contributed by atoms with Crippen molar-refractivity contribution in [1.29, 1.82) is 0 Å². The zero-order chi connectivity index (χ0) is 11.7. The molecule has 0 aliphatic carbocycles. The maximum absolute atomic E-state index is 11.4. The molecule has 1 aromatic rings. The molecule has 0 spiro atoms. The number of phenols is 1. The Balaban J connectivity index is 2.47. The van der Waals surface area contributed by atoms with E-state index < -0.39 is 0 Å². The van der Waals surface area contributed by atoms with Gasteiger partial charge in [0.25, 0.3) is 0 Å². The molecule has 4 nitrogen and oxygen atoms in total. The van der Waals surface area contributed by atoms with Crippen LogP contribution >= 0.6 is 11.6 Å². The first kappa shape index (κ1) is 11.2. The Morgan fingerprint density at radius 2 is 2.31 bits per heavy atom. The highest BCUT2D eigenvalue weighted by atomic mass is 35.5. The van der Waals surface area contributed by atoms with Crippen LogP contribution in [-0.4, -0.2) is 17.6 Å². The fourth-order valence-electron chi connectivity index (χ4n) is 1.91. The number of carbonyl (C=O) groups is 1. The lowest BCUT2D eigenvalue weighted by atomic mass is 9.90. The van der Waals surface area contributed by atoms with Crippen LogP contribution in [0.5, 0.6) is 11.5 Å². The molecule has 16 heavy (non-hydrogen) atoms. The van der Waals surface area contributed by atoms with Crippen LogP contribution in [0.15, 0.2) is 12.1 Å². The highest BCUT2D eigenvalue weighted by molar-refractivity contribution is 6.33. The number of aromatic hydroxyl groups is 1. The van der Waals surface area contributed by atoms with Gasteiger partial charge in [0.15, 0.2) is 5.75 Å². The minimum Gasteiger partial charge on any atom is -0.506 e. The molecule has 1 unspecified atom stereocenters. The molecule has 1 aliphatic rings. The van der Waals surface area contributed by atoms with Gasteiger partial charge in [0.2, 0.25) is 0 Å². The van der Waals surface area contributed by atoms with Gasteiger partial charge in [-0.2, -0.15) is 0 Å². The number of esters is 1. The Kier molecular flexibility index (Phi) is 3.03. The lowest BCUT2D eigenvalue weighted by molar-refractivity contribution is -0.135. The van der Waals surface area contributed by atoms with E-state index in [1.54, 1.807) is 6.07 Å². The number of hydrogen-bond acceptors (Lipinski definition) is 4. The van der Waals surface area contributed by atoms with Crippen LogP contribution in [0.2, 0.25) is 5.02 Å². The predicted octanol–water partition coefficient (Wildman–Crippen LogP) is 1.79. The third kappa shape index (κ3) is 1.86. The first-order valence-electron chi connectivity index (χ1n) is 5.05. The highest BCUT2D eigenvalue weighted by Crippen LogP contribution is 2.44. The van der Waals surface area contributed by atoms with Crippen LogP contribution < -0.4 is 10.5 Å². The molecule has 0 saturated carbocycles. The van der Waals surface area contributed by atoms with Crippen molar-refractivity contribution in [3.05, 3.63) is 22.7 Å². The predicted molar refractivity (Wildman–Crippen MR) is 59.8 cm³/mol. The normalized spacial score (nSPS) is 19.1. The number of phenolic OH excluding ortho intramolecular Hbond substituents is 1. The molecule has 1 atom stereocenters. The summed E-state index contributed by atoms with van der Waals surface area (Å²) in [6, 6.07) is 3.23. The number of fused-ring (bicyclic) bond motifs is 1. The second kappa shape index (κ2) is 4.31. The van der Waals surface area contributed by atoms with Gasteiger partial charge >= 0.3 is 5.97 Å². The second-order valence-corrected chi connectivity index (χ2v) is 4.15. The van der Waals surface area contributed by atoms with E-state index >= 15 is 0 Å². The minimum absolute atomic E-state index is 0.0272. The molecule has 86 valence electrons. The molecular formula is C11H12ClNO3. The maximum atomic E-state index is 11.4. The van der Waals surface area contributed by atoms with Gasteiger partial charge in [-0.1, -0.05) is 17.7 Å². The zero-order valence-electron chi connectivity index (χ0n) is 8.57. The van der Waals surface area contributed by atoms with Gasteiger partial charge in [-0.3, -0.25) is 4.79 Å². The van der Waals surface area contributed by atoms with Crippen molar-refractivity contribution in [1.82, 2.24) is 0 Å². The lowest BCUT2D eigenvalue weighted by Gasteiger charge is -2.24. The maximum Gasteiger partial charge on any atom is 0.311 e. The largest absolute Gasteiger partial charge is 0.506 e. The number of halogens is 1. The standard InChI is InChI=1S/C11H12ClNO3/c12-10-8(14)2-1-7-6(3-4-13)5-9(15)16-11(7)10/h1-2,6,14H,3-5,13H2. The average Bonchev–Trinajstić information content (AvgIpc) is 2.24. The summed E-state index contributed by atoms with van der Waals surface area (Å²) in [6.45, 7) is 0.496. The van der Waals surface area contributed by atoms with E-state index in [0.717, 1.165) is 5.56 Å². The number of hydrogen-bond donors (Lipinski definition) is 2. The van der Waals surface area contributed by atoms with Gasteiger partial charge in [0.1, 0.15) is 10.8 Å². The number of nitrogens with two attached hydrogens (primary N) is 1. The smallest absolute Gasteiger partial charge is 0.311 e. The molecule has 0 aromatic heterocycles. The second-order valence-electron chi connectivity index (χ2n) is 3.77. The minimum atomic E-state index is -0.335. The van der Waals surface area contributed by atoms with Crippen molar-refractivity contribution >= 4 is 17.6 Å². The SMILES string of the molecule is NCCC1CC(=O)Oc2c1ccc(O)c2Cl. The molecule has 1 aromatic carbocycles. The lowest BCUT2D eigenvalue weighted by Crippen LogP contribution is -2.22. The van der Waals surface area contributed by atoms with Crippen LogP contribution in [0.25, 0.3) is 0 Å². The Morgan fingerprint density at radius 1 is 1.56 bits per heavy atom. The first-order chi connectivity index (χ1) is 7.63. The van der Waals surface area contributed by atoms with E-state index in [1.807, 2.05) is 0 Å². The van der Waals surface area contributed by atoms with Gasteiger partial charge in [0.05, 0.1) is 6.42 Å². The van der Waals surface area contributed by atoms with Crippen LogP contribution in [0.1, 0.15) is 24.3 Å². The van der Waals surface area contributed by atoms with Crippen molar-refractivity contribution in [3.63, 3.8) is 0 Å². The summed E-state index contributed by atoms with van der Waals surface area (Å²) in [5, 5.41) is 9.52. The van der Waals surface area contributed by atoms with Crippen molar-refractivity contribution in [2.75, 3.05) is 6.54 Å². The molecule has 0 bridgehead atoms. The highest BCUT2D eigenvalue weighted by Gasteiger charge is 2.29. The molecule has 0 saturated heterocycles. The topological polar surface area (TPSA) is 72.6 Å². The first-order valence-corrected chi connectivity index (χ1v) is 5.43. The van der Waals surface area contributed by atoms with Gasteiger partial charge in [-0.05, 0) is 24.9 Å². The van der Waals surface area contributed by atoms with E-state index in [-0.39, 0.29) is 28.4 Å². The molecule has 3 N–H and O–H groups in total. The summed E-state index contributed by atoms with van der Waals surface area (Å²) in [7, 11) is 0. The van der Waals surface area contributed by atoms with Crippen molar-refractivity contribution in [2.45, 2.75) is 18.8 Å². The van der Waals surface area contributed by atoms with E-state index in [0.29, 0.717) is 19.4 Å². The monoisotopic (exact) mass is 241 g/mol. The fourth-order valence-corrected chi connectivity index (χ4v) is 2.12. The van der Waals surface area contributed by atoms with Crippen LogP contribution in [0, 0.1) is 0 Å². The third-order valence-corrected chi connectivity index (χ3v) is 3.06. The van der Waals surface area contributed by atoms with Gasteiger partial charge < -0.3 is 15.6 Å². The van der Waals surface area contributed by atoms with Gasteiger partial charge in [-0.15, -0.1) is 0 Å². The number of ether oxygens (including phenoxy) is 1. The summed E-state index contributed by atoms with van der Waals surface area (Å²) in [5.74, 6) is -0.115. The van der Waals surface area contributed by atoms with Crippen molar-refractivity contribution in [3.8, 4) is 11.5 Å². The summed E-state index contributed by atoms with van der Waals surface area (Å²) in [6.07, 6.45) is 1.01. The Morgan fingerprint density at radius 3 is 3.00 bits per heavy atom. The molecule has 1 heterocycles. The summed E-state index contributed by atoms with van der Waals surface area (Å²) in [4.78, 5) is 11.4. The van der Waals surface area contributed by atoms with E-state index in [1.165, 1.54) is 6.07 Å². The van der Waals surface area contributed by atoms with Crippen LogP contribution in [0.3, 0.4) is 0 Å². The molecule has 2 rings (SSSR count).